The summed E-state index contributed by atoms with van der Waals surface area (Å²) in [5.41, 5.74) is 6.01. The molecule has 0 heterocycles. The van der Waals surface area contributed by atoms with Gasteiger partial charge in [-0.1, -0.05) is 28.1 Å². The zero-order chi connectivity index (χ0) is 13.3. The standard InChI is InChI=1S/C13H9BrF3N/c14-8-3-1-2-7(4-8)13(18)12-10(16)5-9(15)6-11(12)17/h1-6,13H,18H2. The lowest BCUT2D eigenvalue weighted by atomic mass is 9.98. The van der Waals surface area contributed by atoms with Gasteiger partial charge in [0, 0.05) is 22.2 Å². The summed E-state index contributed by atoms with van der Waals surface area (Å²) in [6.07, 6.45) is 0. The molecular formula is C13H9BrF3N. The molecule has 0 aliphatic carbocycles. The Balaban J connectivity index is 2.49. The number of halogens is 4. The summed E-state index contributed by atoms with van der Waals surface area (Å²) in [7, 11) is 0. The molecule has 0 aromatic heterocycles. The molecule has 1 atom stereocenters. The van der Waals surface area contributed by atoms with E-state index in [0.717, 1.165) is 4.47 Å². The monoisotopic (exact) mass is 315 g/mol. The van der Waals surface area contributed by atoms with Crippen LogP contribution >= 0.6 is 15.9 Å². The molecule has 0 bridgehead atoms. The maximum absolute atomic E-state index is 13.6. The van der Waals surface area contributed by atoms with Gasteiger partial charge in [-0.25, -0.2) is 13.2 Å². The minimum Gasteiger partial charge on any atom is -0.320 e. The number of hydrogen-bond donors (Lipinski definition) is 1. The van der Waals surface area contributed by atoms with Gasteiger partial charge in [-0.3, -0.25) is 0 Å². The van der Waals surface area contributed by atoms with Crippen LogP contribution in [0.4, 0.5) is 13.2 Å². The summed E-state index contributed by atoms with van der Waals surface area (Å²) in [4.78, 5) is 0. The van der Waals surface area contributed by atoms with Crippen molar-refractivity contribution < 1.29 is 13.2 Å². The van der Waals surface area contributed by atoms with Crippen LogP contribution in [-0.2, 0) is 0 Å². The predicted octanol–water partition coefficient (Wildman–Crippen LogP) is 3.91. The molecule has 0 amide bonds. The van der Waals surface area contributed by atoms with Gasteiger partial charge < -0.3 is 5.73 Å². The average molecular weight is 316 g/mol. The second-order valence-corrected chi connectivity index (χ2v) is 4.73. The number of rotatable bonds is 2. The molecule has 0 aliphatic rings. The lowest BCUT2D eigenvalue weighted by Gasteiger charge is -2.14. The predicted molar refractivity (Wildman–Crippen MR) is 66.5 cm³/mol. The molecule has 0 saturated carbocycles. The number of benzene rings is 2. The Morgan fingerprint density at radius 2 is 1.61 bits per heavy atom. The number of hydrogen-bond acceptors (Lipinski definition) is 1. The fourth-order valence-electron chi connectivity index (χ4n) is 1.72. The molecule has 0 radical (unpaired) electrons. The van der Waals surface area contributed by atoms with E-state index in [9.17, 15) is 13.2 Å². The third-order valence-electron chi connectivity index (χ3n) is 2.56. The Morgan fingerprint density at radius 1 is 1.00 bits per heavy atom. The zero-order valence-electron chi connectivity index (χ0n) is 9.13. The van der Waals surface area contributed by atoms with Crippen molar-refractivity contribution in [2.45, 2.75) is 6.04 Å². The van der Waals surface area contributed by atoms with Gasteiger partial charge in [-0.05, 0) is 17.7 Å². The Hall–Kier alpha value is -1.33. The molecule has 2 aromatic carbocycles. The molecule has 0 aliphatic heterocycles. The third-order valence-corrected chi connectivity index (χ3v) is 3.06. The van der Waals surface area contributed by atoms with E-state index in [1.54, 1.807) is 24.3 Å². The molecule has 2 N–H and O–H groups in total. The molecule has 2 aromatic rings. The van der Waals surface area contributed by atoms with E-state index in [1.165, 1.54) is 0 Å². The normalized spacial score (nSPS) is 12.5. The first-order valence-corrected chi connectivity index (χ1v) is 5.94. The van der Waals surface area contributed by atoms with Crippen LogP contribution in [0.15, 0.2) is 40.9 Å². The van der Waals surface area contributed by atoms with Crippen LogP contribution in [-0.4, -0.2) is 0 Å². The number of nitrogens with two attached hydrogens (primary N) is 1. The van der Waals surface area contributed by atoms with Crippen LogP contribution in [0.1, 0.15) is 17.2 Å². The minimum absolute atomic E-state index is 0.338. The maximum atomic E-state index is 13.6. The summed E-state index contributed by atoms with van der Waals surface area (Å²) < 4.78 is 40.7. The van der Waals surface area contributed by atoms with E-state index in [-0.39, 0.29) is 5.56 Å². The maximum Gasteiger partial charge on any atom is 0.134 e. The SMILES string of the molecule is NC(c1cccc(Br)c1)c1c(F)cc(F)cc1F. The van der Waals surface area contributed by atoms with Crippen LogP contribution < -0.4 is 5.73 Å². The van der Waals surface area contributed by atoms with Crippen molar-refractivity contribution in [3.63, 3.8) is 0 Å². The van der Waals surface area contributed by atoms with Gasteiger partial charge in [-0.2, -0.15) is 0 Å². The Kier molecular flexibility index (Phi) is 3.73. The van der Waals surface area contributed by atoms with E-state index in [4.69, 9.17) is 5.73 Å². The summed E-state index contributed by atoms with van der Waals surface area (Å²) in [6.45, 7) is 0. The first-order valence-electron chi connectivity index (χ1n) is 5.14. The Bertz CT molecular complexity index is 563. The van der Waals surface area contributed by atoms with Gasteiger partial charge in [0.05, 0.1) is 6.04 Å². The van der Waals surface area contributed by atoms with Crippen molar-refractivity contribution in [3.05, 3.63) is 69.4 Å². The van der Waals surface area contributed by atoms with Crippen molar-refractivity contribution in [2.24, 2.45) is 5.73 Å². The first kappa shape index (κ1) is 13.1. The second kappa shape index (κ2) is 5.12. The van der Waals surface area contributed by atoms with Crippen LogP contribution in [0, 0.1) is 17.5 Å². The summed E-state index contributed by atoms with van der Waals surface area (Å²) >= 11 is 3.25. The van der Waals surface area contributed by atoms with E-state index < -0.39 is 23.5 Å². The van der Waals surface area contributed by atoms with Crippen molar-refractivity contribution in [3.8, 4) is 0 Å². The van der Waals surface area contributed by atoms with E-state index >= 15 is 0 Å². The van der Waals surface area contributed by atoms with E-state index in [2.05, 4.69) is 15.9 Å². The molecule has 18 heavy (non-hydrogen) atoms. The van der Waals surface area contributed by atoms with Gasteiger partial charge in [-0.15, -0.1) is 0 Å². The highest BCUT2D eigenvalue weighted by Gasteiger charge is 2.19. The Morgan fingerprint density at radius 3 is 2.17 bits per heavy atom. The van der Waals surface area contributed by atoms with Crippen LogP contribution in [0.25, 0.3) is 0 Å². The summed E-state index contributed by atoms with van der Waals surface area (Å²) in [5.74, 6) is -2.94. The molecule has 0 fully saturated rings. The van der Waals surface area contributed by atoms with Crippen LogP contribution in [0.2, 0.25) is 0 Å². The lowest BCUT2D eigenvalue weighted by molar-refractivity contribution is 0.515. The second-order valence-electron chi connectivity index (χ2n) is 3.82. The average Bonchev–Trinajstić information content (AvgIpc) is 2.27. The highest BCUT2D eigenvalue weighted by molar-refractivity contribution is 9.10. The van der Waals surface area contributed by atoms with E-state index in [0.29, 0.717) is 17.7 Å². The van der Waals surface area contributed by atoms with Crippen LogP contribution in [0.5, 0.6) is 0 Å². The molecule has 0 saturated heterocycles. The molecule has 0 spiro atoms. The Labute approximate surface area is 111 Å². The molecule has 2 rings (SSSR count). The quantitative estimate of drug-likeness (QED) is 0.893. The van der Waals surface area contributed by atoms with Gasteiger partial charge in [0.25, 0.3) is 0 Å². The smallest absolute Gasteiger partial charge is 0.134 e. The fourth-order valence-corrected chi connectivity index (χ4v) is 2.13. The molecular weight excluding hydrogens is 307 g/mol. The molecule has 94 valence electrons. The summed E-state index contributed by atoms with van der Waals surface area (Å²) in [5, 5.41) is 0. The lowest BCUT2D eigenvalue weighted by Crippen LogP contribution is -2.16. The van der Waals surface area contributed by atoms with Gasteiger partial charge in [0.1, 0.15) is 17.5 Å². The van der Waals surface area contributed by atoms with Gasteiger partial charge in [0.2, 0.25) is 0 Å². The largest absolute Gasteiger partial charge is 0.320 e. The molecule has 1 unspecified atom stereocenters. The van der Waals surface area contributed by atoms with Gasteiger partial charge >= 0.3 is 0 Å². The molecule has 1 nitrogen and oxygen atoms in total. The highest BCUT2D eigenvalue weighted by atomic mass is 79.9. The minimum atomic E-state index is -0.986. The highest BCUT2D eigenvalue weighted by Crippen LogP contribution is 2.27. The van der Waals surface area contributed by atoms with Crippen molar-refractivity contribution in [1.82, 2.24) is 0 Å². The topological polar surface area (TPSA) is 26.0 Å². The third kappa shape index (κ3) is 2.57. The zero-order valence-corrected chi connectivity index (χ0v) is 10.7. The van der Waals surface area contributed by atoms with Crippen molar-refractivity contribution in [2.75, 3.05) is 0 Å². The van der Waals surface area contributed by atoms with Crippen molar-refractivity contribution in [1.29, 1.82) is 0 Å². The molecule has 5 heteroatoms. The first-order chi connectivity index (χ1) is 8.49. The van der Waals surface area contributed by atoms with Crippen molar-refractivity contribution >= 4 is 15.9 Å². The van der Waals surface area contributed by atoms with Crippen LogP contribution in [0.3, 0.4) is 0 Å². The van der Waals surface area contributed by atoms with Gasteiger partial charge in [0.15, 0.2) is 0 Å². The summed E-state index contributed by atoms with van der Waals surface area (Å²) in [6, 6.07) is 7.05. The van der Waals surface area contributed by atoms with E-state index in [1.807, 2.05) is 0 Å². The fraction of sp³-hybridized carbons (Fsp3) is 0.0769.